The van der Waals surface area contributed by atoms with Crippen LogP contribution in [0.25, 0.3) is 0 Å². The molecular formula is C22H29N3O2. The van der Waals surface area contributed by atoms with Crippen LogP contribution < -0.4 is 15.4 Å². The third-order valence-corrected chi connectivity index (χ3v) is 4.94. The van der Waals surface area contributed by atoms with Crippen molar-refractivity contribution in [2.75, 3.05) is 31.6 Å². The number of hydrogen-bond acceptors (Lipinski definition) is 3. The zero-order valence-electron chi connectivity index (χ0n) is 16.0. The summed E-state index contributed by atoms with van der Waals surface area (Å²) in [7, 11) is 0. The van der Waals surface area contributed by atoms with Gasteiger partial charge in [0.1, 0.15) is 5.75 Å². The molecule has 0 atom stereocenters. The average Bonchev–Trinajstić information content (AvgIpc) is 2.70. The standard InChI is InChI=1S/C22H29N3O2/c1-2-27-21-11-7-6-10-20(21)24-22(26)23-16-18-12-14-25(15-13-18)17-19-8-4-3-5-9-19/h3-11,18H,2,12-17H2,1H3,(H2,23,24,26). The number of likely N-dealkylation sites (tertiary alicyclic amines) is 1. The zero-order valence-corrected chi connectivity index (χ0v) is 16.0. The normalized spacial score (nSPS) is 15.3. The Balaban J connectivity index is 1.39. The lowest BCUT2D eigenvalue weighted by Gasteiger charge is -2.32. The summed E-state index contributed by atoms with van der Waals surface area (Å²) in [6, 6.07) is 17.9. The fourth-order valence-corrected chi connectivity index (χ4v) is 3.45. The van der Waals surface area contributed by atoms with Gasteiger partial charge in [-0.3, -0.25) is 4.90 Å². The van der Waals surface area contributed by atoms with Crippen LogP contribution in [0.15, 0.2) is 54.6 Å². The van der Waals surface area contributed by atoms with E-state index in [0.717, 1.165) is 32.5 Å². The Morgan fingerprint density at radius 3 is 2.52 bits per heavy atom. The molecule has 2 amide bonds. The van der Waals surface area contributed by atoms with Crippen LogP contribution in [0, 0.1) is 5.92 Å². The summed E-state index contributed by atoms with van der Waals surface area (Å²) in [5.41, 5.74) is 2.07. The Bertz CT molecular complexity index is 713. The van der Waals surface area contributed by atoms with E-state index in [2.05, 4.69) is 45.9 Å². The van der Waals surface area contributed by atoms with E-state index in [4.69, 9.17) is 4.74 Å². The summed E-state index contributed by atoms with van der Waals surface area (Å²) in [6.07, 6.45) is 2.23. The molecule has 0 saturated carbocycles. The van der Waals surface area contributed by atoms with Crippen molar-refractivity contribution in [2.45, 2.75) is 26.3 Å². The quantitative estimate of drug-likeness (QED) is 0.774. The fourth-order valence-electron chi connectivity index (χ4n) is 3.45. The Morgan fingerprint density at radius 2 is 1.78 bits per heavy atom. The lowest BCUT2D eigenvalue weighted by molar-refractivity contribution is 0.175. The first kappa shape index (κ1) is 19.2. The van der Waals surface area contributed by atoms with Crippen molar-refractivity contribution in [3.8, 4) is 5.75 Å². The molecule has 5 heteroatoms. The number of carbonyl (C=O) groups is 1. The second kappa shape index (κ2) is 9.97. The summed E-state index contributed by atoms with van der Waals surface area (Å²) >= 11 is 0. The van der Waals surface area contributed by atoms with Crippen molar-refractivity contribution in [3.05, 3.63) is 60.2 Å². The summed E-state index contributed by atoms with van der Waals surface area (Å²) in [6.45, 7) is 6.38. The Morgan fingerprint density at radius 1 is 1.07 bits per heavy atom. The second-order valence-corrected chi connectivity index (χ2v) is 6.97. The van der Waals surface area contributed by atoms with Gasteiger partial charge in [0.2, 0.25) is 0 Å². The number of rotatable bonds is 7. The molecule has 5 nitrogen and oxygen atoms in total. The summed E-state index contributed by atoms with van der Waals surface area (Å²) in [5.74, 6) is 1.23. The molecule has 2 N–H and O–H groups in total. The number of amides is 2. The molecule has 1 saturated heterocycles. The number of piperidine rings is 1. The van der Waals surface area contributed by atoms with Gasteiger partial charge < -0.3 is 15.4 Å². The number of hydrogen-bond donors (Lipinski definition) is 2. The van der Waals surface area contributed by atoms with Crippen LogP contribution in [0.1, 0.15) is 25.3 Å². The molecule has 0 aromatic heterocycles. The first-order valence-corrected chi connectivity index (χ1v) is 9.77. The zero-order chi connectivity index (χ0) is 18.9. The molecule has 27 heavy (non-hydrogen) atoms. The van der Waals surface area contributed by atoms with Gasteiger partial charge in [0.15, 0.2) is 0 Å². The van der Waals surface area contributed by atoms with E-state index in [9.17, 15) is 4.79 Å². The summed E-state index contributed by atoms with van der Waals surface area (Å²) in [5, 5.41) is 5.90. The third-order valence-electron chi connectivity index (χ3n) is 4.94. The lowest BCUT2D eigenvalue weighted by atomic mass is 9.96. The molecule has 0 radical (unpaired) electrons. The molecule has 0 spiro atoms. The van der Waals surface area contributed by atoms with Crippen molar-refractivity contribution in [1.29, 1.82) is 0 Å². The van der Waals surface area contributed by atoms with E-state index >= 15 is 0 Å². The maximum absolute atomic E-state index is 12.2. The van der Waals surface area contributed by atoms with E-state index in [1.54, 1.807) is 0 Å². The maximum Gasteiger partial charge on any atom is 0.319 e. The van der Waals surface area contributed by atoms with Gasteiger partial charge in [-0.15, -0.1) is 0 Å². The van der Waals surface area contributed by atoms with Gasteiger partial charge in [0, 0.05) is 13.1 Å². The first-order chi connectivity index (χ1) is 13.2. The monoisotopic (exact) mass is 367 g/mol. The van der Waals surface area contributed by atoms with Crippen molar-refractivity contribution in [2.24, 2.45) is 5.92 Å². The summed E-state index contributed by atoms with van der Waals surface area (Å²) in [4.78, 5) is 14.7. The van der Waals surface area contributed by atoms with Crippen LogP contribution in [0.4, 0.5) is 10.5 Å². The molecule has 2 aromatic rings. The van der Waals surface area contributed by atoms with E-state index in [-0.39, 0.29) is 6.03 Å². The van der Waals surface area contributed by atoms with Crippen molar-refractivity contribution >= 4 is 11.7 Å². The van der Waals surface area contributed by atoms with Crippen LogP contribution in [0.3, 0.4) is 0 Å². The Kier molecular flexibility index (Phi) is 7.11. The van der Waals surface area contributed by atoms with Gasteiger partial charge in [-0.2, -0.15) is 0 Å². The highest BCUT2D eigenvalue weighted by Crippen LogP contribution is 2.23. The molecule has 0 aliphatic carbocycles. The number of carbonyl (C=O) groups excluding carboxylic acids is 1. The largest absolute Gasteiger partial charge is 0.492 e. The highest BCUT2D eigenvalue weighted by Gasteiger charge is 2.20. The van der Waals surface area contributed by atoms with E-state index < -0.39 is 0 Å². The number of para-hydroxylation sites is 2. The predicted molar refractivity (Wildman–Crippen MR) is 109 cm³/mol. The molecule has 1 fully saturated rings. The molecule has 144 valence electrons. The highest BCUT2D eigenvalue weighted by atomic mass is 16.5. The Hall–Kier alpha value is -2.53. The van der Waals surface area contributed by atoms with Gasteiger partial charge in [-0.1, -0.05) is 42.5 Å². The van der Waals surface area contributed by atoms with E-state index in [0.29, 0.717) is 30.5 Å². The van der Waals surface area contributed by atoms with Crippen molar-refractivity contribution in [3.63, 3.8) is 0 Å². The minimum Gasteiger partial charge on any atom is -0.492 e. The number of nitrogens with zero attached hydrogens (tertiary/aromatic N) is 1. The molecule has 2 aromatic carbocycles. The number of ether oxygens (including phenoxy) is 1. The molecule has 1 aliphatic rings. The summed E-state index contributed by atoms with van der Waals surface area (Å²) < 4.78 is 5.54. The van der Waals surface area contributed by atoms with Crippen LogP contribution in [-0.2, 0) is 6.54 Å². The highest BCUT2D eigenvalue weighted by molar-refractivity contribution is 5.90. The molecule has 1 heterocycles. The number of urea groups is 1. The van der Waals surface area contributed by atoms with Gasteiger partial charge in [0.25, 0.3) is 0 Å². The van der Waals surface area contributed by atoms with Crippen LogP contribution >= 0.6 is 0 Å². The molecule has 1 aliphatic heterocycles. The third kappa shape index (κ3) is 6.00. The molecule has 0 bridgehead atoms. The fraction of sp³-hybridized carbons (Fsp3) is 0.409. The van der Waals surface area contributed by atoms with E-state index in [1.807, 2.05) is 31.2 Å². The minimum atomic E-state index is -0.172. The SMILES string of the molecule is CCOc1ccccc1NC(=O)NCC1CCN(Cc2ccccc2)CC1. The van der Waals surface area contributed by atoms with Crippen LogP contribution in [0.5, 0.6) is 5.75 Å². The van der Waals surface area contributed by atoms with Gasteiger partial charge >= 0.3 is 6.03 Å². The molecular weight excluding hydrogens is 338 g/mol. The van der Waals surface area contributed by atoms with Gasteiger partial charge in [-0.05, 0) is 56.5 Å². The minimum absolute atomic E-state index is 0.172. The molecule has 3 rings (SSSR count). The lowest BCUT2D eigenvalue weighted by Crippen LogP contribution is -2.39. The van der Waals surface area contributed by atoms with Crippen molar-refractivity contribution < 1.29 is 9.53 Å². The average molecular weight is 367 g/mol. The number of benzene rings is 2. The first-order valence-electron chi connectivity index (χ1n) is 9.77. The van der Waals surface area contributed by atoms with Gasteiger partial charge in [0.05, 0.1) is 12.3 Å². The topological polar surface area (TPSA) is 53.6 Å². The van der Waals surface area contributed by atoms with Crippen LogP contribution in [0.2, 0.25) is 0 Å². The molecule has 0 unspecified atom stereocenters. The maximum atomic E-state index is 12.2. The number of nitrogens with one attached hydrogen (secondary N) is 2. The predicted octanol–water partition coefficient (Wildman–Crippen LogP) is 4.12. The number of anilines is 1. The van der Waals surface area contributed by atoms with Crippen LogP contribution in [-0.4, -0.2) is 37.2 Å². The smallest absolute Gasteiger partial charge is 0.319 e. The van der Waals surface area contributed by atoms with E-state index in [1.165, 1.54) is 5.56 Å². The Labute approximate surface area is 161 Å². The van der Waals surface area contributed by atoms with Crippen molar-refractivity contribution in [1.82, 2.24) is 10.2 Å². The van der Waals surface area contributed by atoms with Gasteiger partial charge in [-0.25, -0.2) is 4.79 Å². The second-order valence-electron chi connectivity index (χ2n) is 6.97.